The number of nitrogens with one attached hydrogen (secondary N) is 1. The third kappa shape index (κ3) is 2.68. The maximum absolute atomic E-state index is 12.9. The van der Waals surface area contributed by atoms with E-state index >= 15 is 0 Å². The molecule has 0 saturated heterocycles. The van der Waals surface area contributed by atoms with E-state index < -0.39 is 0 Å². The van der Waals surface area contributed by atoms with Crippen LogP contribution in [-0.4, -0.2) is 9.55 Å². The van der Waals surface area contributed by atoms with Crippen LogP contribution in [0.2, 0.25) is 0 Å². The lowest BCUT2D eigenvalue weighted by Crippen LogP contribution is -2.28. The first-order valence-electron chi connectivity index (χ1n) is 6.89. The van der Waals surface area contributed by atoms with E-state index in [1.165, 1.54) is 16.7 Å². The van der Waals surface area contributed by atoms with Gasteiger partial charge in [0.05, 0.1) is 10.9 Å². The Kier molecular flexibility index (Phi) is 3.84. The van der Waals surface area contributed by atoms with Crippen molar-refractivity contribution in [1.29, 1.82) is 0 Å². The summed E-state index contributed by atoms with van der Waals surface area (Å²) in [6, 6.07) is 13.3. The van der Waals surface area contributed by atoms with E-state index in [-0.39, 0.29) is 11.4 Å². The van der Waals surface area contributed by atoms with E-state index in [0.29, 0.717) is 29.8 Å². The summed E-state index contributed by atoms with van der Waals surface area (Å²) in [5.41, 5.74) is 3.84. The highest BCUT2D eigenvalue weighted by atomic mass is 19.1. The summed E-state index contributed by atoms with van der Waals surface area (Å²) in [6.07, 6.45) is 0.578. The molecule has 3 aromatic rings. The van der Waals surface area contributed by atoms with Gasteiger partial charge in [-0.3, -0.25) is 14.8 Å². The molecule has 5 nitrogen and oxygen atoms in total. The number of hydrogen-bond donors (Lipinski definition) is 2. The molecular weight excluding hydrogens is 283 g/mol. The summed E-state index contributed by atoms with van der Waals surface area (Å²) < 4.78 is 14.4. The zero-order valence-electron chi connectivity index (χ0n) is 11.8. The summed E-state index contributed by atoms with van der Waals surface area (Å²) in [5.74, 6) is 5.51. The first-order chi connectivity index (χ1) is 10.7. The zero-order valence-corrected chi connectivity index (χ0v) is 11.8. The number of para-hydroxylation sites is 1. The molecule has 0 unspecified atom stereocenters. The second-order valence-electron chi connectivity index (χ2n) is 4.93. The van der Waals surface area contributed by atoms with Crippen LogP contribution in [-0.2, 0) is 13.0 Å². The number of halogens is 1. The van der Waals surface area contributed by atoms with Gasteiger partial charge in [-0.25, -0.2) is 15.2 Å². The molecule has 0 atom stereocenters. The Labute approximate surface area is 126 Å². The van der Waals surface area contributed by atoms with E-state index in [2.05, 4.69) is 10.4 Å². The number of hydrazine groups is 1. The Morgan fingerprint density at radius 2 is 1.86 bits per heavy atom. The van der Waals surface area contributed by atoms with Crippen LogP contribution >= 0.6 is 0 Å². The summed E-state index contributed by atoms with van der Waals surface area (Å²) in [5, 5.41) is 0.542. The molecule has 1 aromatic heterocycles. The zero-order chi connectivity index (χ0) is 15.5. The van der Waals surface area contributed by atoms with Gasteiger partial charge < -0.3 is 0 Å². The molecule has 1 heterocycles. The van der Waals surface area contributed by atoms with Crippen molar-refractivity contribution in [2.75, 3.05) is 5.43 Å². The third-order valence-corrected chi connectivity index (χ3v) is 3.53. The summed E-state index contributed by atoms with van der Waals surface area (Å²) in [6.45, 7) is 0.405. The molecule has 112 valence electrons. The number of nitrogens with zero attached hydrogens (tertiary/aromatic N) is 2. The van der Waals surface area contributed by atoms with Crippen LogP contribution in [0.15, 0.2) is 53.3 Å². The van der Waals surface area contributed by atoms with Crippen molar-refractivity contribution in [3.8, 4) is 0 Å². The van der Waals surface area contributed by atoms with Gasteiger partial charge >= 0.3 is 0 Å². The fourth-order valence-corrected chi connectivity index (χ4v) is 2.38. The maximum Gasteiger partial charge on any atom is 0.262 e. The highest BCUT2D eigenvalue weighted by Gasteiger charge is 2.09. The van der Waals surface area contributed by atoms with Crippen molar-refractivity contribution < 1.29 is 4.39 Å². The molecule has 0 bridgehead atoms. The topological polar surface area (TPSA) is 72.9 Å². The molecule has 0 spiro atoms. The summed E-state index contributed by atoms with van der Waals surface area (Å²) in [7, 11) is 0. The fourth-order valence-electron chi connectivity index (χ4n) is 2.38. The van der Waals surface area contributed by atoms with Crippen molar-refractivity contribution in [3.05, 3.63) is 70.3 Å². The Morgan fingerprint density at radius 1 is 1.14 bits per heavy atom. The quantitative estimate of drug-likeness (QED) is 0.571. The number of hydrogen-bond acceptors (Lipinski definition) is 4. The highest BCUT2D eigenvalue weighted by Crippen LogP contribution is 2.11. The van der Waals surface area contributed by atoms with Crippen LogP contribution in [0.1, 0.15) is 5.56 Å². The van der Waals surface area contributed by atoms with Crippen molar-refractivity contribution in [2.24, 2.45) is 5.84 Å². The van der Waals surface area contributed by atoms with E-state index in [4.69, 9.17) is 5.84 Å². The van der Waals surface area contributed by atoms with Gasteiger partial charge in [0.1, 0.15) is 5.82 Å². The van der Waals surface area contributed by atoms with Gasteiger partial charge in [0.25, 0.3) is 5.56 Å². The molecule has 22 heavy (non-hydrogen) atoms. The predicted molar refractivity (Wildman–Crippen MR) is 83.9 cm³/mol. The van der Waals surface area contributed by atoms with Crippen LogP contribution < -0.4 is 16.8 Å². The fraction of sp³-hybridized carbons (Fsp3) is 0.125. The SMILES string of the molecule is NNc1nc2ccccc2c(=O)n1CCc1ccc(F)cc1. The van der Waals surface area contributed by atoms with Crippen molar-refractivity contribution >= 4 is 16.9 Å². The average Bonchev–Trinajstić information content (AvgIpc) is 2.55. The standard InChI is InChI=1S/C16H15FN4O/c17-12-7-5-11(6-8-12)9-10-21-15(22)13-3-1-2-4-14(13)19-16(21)20-18/h1-8H,9-10,18H2,(H,19,20). The van der Waals surface area contributed by atoms with E-state index in [0.717, 1.165) is 5.56 Å². The highest BCUT2D eigenvalue weighted by molar-refractivity contribution is 5.78. The van der Waals surface area contributed by atoms with Gasteiger partial charge in [-0.15, -0.1) is 0 Å². The molecule has 0 fully saturated rings. The number of rotatable bonds is 4. The third-order valence-electron chi connectivity index (χ3n) is 3.53. The summed E-state index contributed by atoms with van der Waals surface area (Å²) in [4.78, 5) is 16.9. The van der Waals surface area contributed by atoms with Gasteiger partial charge in [0.15, 0.2) is 0 Å². The first kappa shape index (κ1) is 14.2. The predicted octanol–water partition coefficient (Wildman–Crippen LogP) is 2.06. The molecule has 2 aromatic carbocycles. The molecule has 6 heteroatoms. The van der Waals surface area contributed by atoms with Gasteiger partial charge in [-0.05, 0) is 36.2 Å². The number of benzene rings is 2. The number of aryl methyl sites for hydroxylation is 1. The Hall–Kier alpha value is -2.73. The maximum atomic E-state index is 12.9. The minimum atomic E-state index is -0.280. The minimum absolute atomic E-state index is 0.152. The number of aromatic nitrogens is 2. The molecule has 0 aliphatic heterocycles. The molecule has 3 N–H and O–H groups in total. The number of fused-ring (bicyclic) bond motifs is 1. The monoisotopic (exact) mass is 298 g/mol. The Bertz CT molecular complexity index is 858. The first-order valence-corrected chi connectivity index (χ1v) is 6.89. The molecule has 0 aliphatic rings. The molecule has 3 rings (SSSR count). The van der Waals surface area contributed by atoms with E-state index in [1.54, 1.807) is 30.3 Å². The van der Waals surface area contributed by atoms with Crippen molar-refractivity contribution in [2.45, 2.75) is 13.0 Å². The molecule has 0 radical (unpaired) electrons. The Morgan fingerprint density at radius 3 is 2.59 bits per heavy atom. The average molecular weight is 298 g/mol. The van der Waals surface area contributed by atoms with Gasteiger partial charge in [0, 0.05) is 6.54 Å². The van der Waals surface area contributed by atoms with Gasteiger partial charge in [0.2, 0.25) is 5.95 Å². The van der Waals surface area contributed by atoms with Crippen molar-refractivity contribution in [1.82, 2.24) is 9.55 Å². The molecule has 0 aliphatic carbocycles. The van der Waals surface area contributed by atoms with Gasteiger partial charge in [-0.1, -0.05) is 24.3 Å². The molecule has 0 amide bonds. The molecular formula is C16H15FN4O. The Balaban J connectivity index is 1.97. The van der Waals surface area contributed by atoms with Crippen molar-refractivity contribution in [3.63, 3.8) is 0 Å². The number of nitrogens with two attached hydrogens (primary N) is 1. The largest absolute Gasteiger partial charge is 0.294 e. The van der Waals surface area contributed by atoms with E-state index in [9.17, 15) is 9.18 Å². The number of nitrogen functional groups attached to an aromatic ring is 1. The lowest BCUT2D eigenvalue weighted by atomic mass is 10.1. The second kappa shape index (κ2) is 5.95. The van der Waals surface area contributed by atoms with Gasteiger partial charge in [-0.2, -0.15) is 0 Å². The smallest absolute Gasteiger partial charge is 0.262 e. The minimum Gasteiger partial charge on any atom is -0.294 e. The van der Waals surface area contributed by atoms with E-state index in [1.807, 2.05) is 6.07 Å². The lowest BCUT2D eigenvalue weighted by Gasteiger charge is -2.12. The van der Waals surface area contributed by atoms with Crippen LogP contribution in [0, 0.1) is 5.82 Å². The normalized spacial score (nSPS) is 10.8. The lowest BCUT2D eigenvalue weighted by molar-refractivity contribution is 0.624. The second-order valence-corrected chi connectivity index (χ2v) is 4.93. The van der Waals surface area contributed by atoms with Crippen LogP contribution in [0.5, 0.6) is 0 Å². The number of anilines is 1. The molecule has 0 saturated carbocycles. The van der Waals surface area contributed by atoms with Crippen LogP contribution in [0.4, 0.5) is 10.3 Å². The van der Waals surface area contributed by atoms with Crippen LogP contribution in [0.3, 0.4) is 0 Å². The summed E-state index contributed by atoms with van der Waals surface area (Å²) >= 11 is 0. The van der Waals surface area contributed by atoms with Crippen LogP contribution in [0.25, 0.3) is 10.9 Å².